The van der Waals surface area contributed by atoms with Gasteiger partial charge in [-0.15, -0.1) is 0 Å². The van der Waals surface area contributed by atoms with Crippen LogP contribution >= 0.6 is 0 Å². The number of aliphatic hydroxyl groups is 6. The first-order chi connectivity index (χ1) is 24.1. The minimum atomic E-state index is -2.59. The number of fused-ring (bicyclic) bond motifs is 4. The molecule has 2 fully saturated rings. The van der Waals surface area contributed by atoms with Crippen LogP contribution in [0.1, 0.15) is 43.4 Å². The van der Waals surface area contributed by atoms with Gasteiger partial charge in [0.25, 0.3) is 0 Å². The zero-order chi connectivity index (χ0) is 35.2. The third kappa shape index (κ3) is 5.91. The van der Waals surface area contributed by atoms with E-state index in [1.54, 1.807) is 12.1 Å². The summed E-state index contributed by atoms with van der Waals surface area (Å²) >= 11 is 0. The number of H-pyrrole nitrogens is 1. The summed E-state index contributed by atoms with van der Waals surface area (Å²) in [6.07, 6.45) is -3.40. The molecule has 12 heteroatoms. The molecule has 5 atom stereocenters. The second-order valence-electron chi connectivity index (χ2n) is 13.5. The number of phenols is 1. The molecule has 1 aliphatic carbocycles. The van der Waals surface area contributed by atoms with E-state index >= 15 is 0 Å². The molecule has 12 nitrogen and oxygen atoms in total. The molecule has 1 saturated heterocycles. The van der Waals surface area contributed by atoms with E-state index in [-0.39, 0.29) is 23.8 Å². The van der Waals surface area contributed by atoms with Crippen molar-refractivity contribution in [3.05, 3.63) is 84.1 Å². The number of aromatic nitrogens is 1. The number of carbonyl (C=O) groups is 1. The van der Waals surface area contributed by atoms with Crippen LogP contribution in [-0.2, 0) is 26.3 Å². The highest BCUT2D eigenvalue weighted by Crippen LogP contribution is 2.47. The minimum absolute atomic E-state index is 0.0294. The summed E-state index contributed by atoms with van der Waals surface area (Å²) in [5.41, 5.74) is 0.801. The van der Waals surface area contributed by atoms with Crippen LogP contribution in [0.5, 0.6) is 11.5 Å². The van der Waals surface area contributed by atoms with Gasteiger partial charge < -0.3 is 54.9 Å². The number of rotatable bonds is 10. The number of hydrogen-bond donors (Lipinski definition) is 8. The molecule has 0 amide bonds. The van der Waals surface area contributed by atoms with Crippen LogP contribution in [0.2, 0.25) is 0 Å². The van der Waals surface area contributed by atoms with Crippen LogP contribution < -0.4 is 4.74 Å². The van der Waals surface area contributed by atoms with E-state index in [4.69, 9.17) is 14.2 Å². The SMILES string of the molecule is O=C(Oc1c(CO)[nH]c2ccc3cc4ccccc4cc3c12)[C@@H]1O[C@@](O)(CO)[C@H](O)[C@H]1OC[C@H](C(O)O)C1(c2ccc(O)cc2)CCCCC1. The number of ether oxygens (including phenoxy) is 3. The van der Waals surface area contributed by atoms with Crippen LogP contribution in [-0.4, -0.2) is 90.3 Å². The van der Waals surface area contributed by atoms with Crippen LogP contribution in [0.3, 0.4) is 0 Å². The lowest BCUT2D eigenvalue weighted by Gasteiger charge is -2.45. The Morgan fingerprint density at radius 2 is 1.64 bits per heavy atom. The number of nitrogens with one attached hydrogen (secondary N) is 1. The maximum absolute atomic E-state index is 14.0. The third-order valence-electron chi connectivity index (χ3n) is 10.6. The Kier molecular flexibility index (Phi) is 9.31. The van der Waals surface area contributed by atoms with Crippen molar-refractivity contribution in [2.45, 2.75) is 74.5 Å². The first kappa shape index (κ1) is 34.3. The molecule has 1 aromatic heterocycles. The van der Waals surface area contributed by atoms with Crippen LogP contribution in [0.15, 0.2) is 72.8 Å². The molecule has 0 unspecified atom stereocenters. The van der Waals surface area contributed by atoms with E-state index in [1.807, 2.05) is 48.5 Å². The van der Waals surface area contributed by atoms with E-state index in [0.717, 1.165) is 46.4 Å². The summed E-state index contributed by atoms with van der Waals surface area (Å²) in [4.78, 5) is 17.1. The van der Waals surface area contributed by atoms with Gasteiger partial charge in [0.1, 0.15) is 18.0 Å². The van der Waals surface area contributed by atoms with E-state index in [1.165, 1.54) is 12.1 Å². The van der Waals surface area contributed by atoms with Gasteiger partial charge in [-0.3, -0.25) is 0 Å². The van der Waals surface area contributed by atoms with Crippen LogP contribution in [0.25, 0.3) is 32.4 Å². The molecule has 1 saturated carbocycles. The Bertz CT molecular complexity index is 2000. The highest BCUT2D eigenvalue weighted by molar-refractivity contribution is 6.14. The summed E-state index contributed by atoms with van der Waals surface area (Å²) in [6.45, 7) is -1.95. The number of carbonyl (C=O) groups excluding carboxylic acids is 1. The standard InChI is InChI=1S/C38H41NO11/c40-18-29-31(30-26-17-22-7-3-2-6-21(22)16-23(26)8-13-28(30)39-29)49-36(46)33-32(34(43)38(47,20-41)50-33)48-19-27(35(44)45)37(14-4-1-5-15-37)24-9-11-25(42)12-10-24/h2-3,6-13,16-17,27,32-35,39-45,47H,1,4-5,14-15,18-20H2/t27-,32+,33-,34-,38+/m1/s1. The average molecular weight is 688 g/mol. The van der Waals surface area contributed by atoms with Gasteiger partial charge in [-0.1, -0.05) is 61.7 Å². The lowest BCUT2D eigenvalue weighted by molar-refractivity contribution is -0.246. The van der Waals surface area contributed by atoms with E-state index in [2.05, 4.69) is 4.98 Å². The quantitative estimate of drug-likeness (QED) is 0.0609. The zero-order valence-corrected chi connectivity index (χ0v) is 27.2. The molecule has 0 bridgehead atoms. The van der Waals surface area contributed by atoms with E-state index in [0.29, 0.717) is 23.7 Å². The fourth-order valence-electron chi connectivity index (χ4n) is 7.98. The second kappa shape index (κ2) is 13.5. The number of aliphatic hydroxyl groups excluding tert-OH is 4. The second-order valence-corrected chi connectivity index (χ2v) is 13.5. The molecule has 4 aromatic carbocycles. The molecular weight excluding hydrogens is 646 g/mol. The van der Waals surface area contributed by atoms with Crippen molar-refractivity contribution >= 4 is 38.4 Å². The van der Waals surface area contributed by atoms with Gasteiger partial charge in [0.2, 0.25) is 5.79 Å². The highest BCUT2D eigenvalue weighted by Gasteiger charge is 2.58. The summed E-state index contributed by atoms with van der Waals surface area (Å²) in [5, 5.41) is 77.9. The van der Waals surface area contributed by atoms with E-state index in [9.17, 15) is 40.5 Å². The Balaban J connectivity index is 1.22. The zero-order valence-electron chi connectivity index (χ0n) is 27.2. The number of hydrogen-bond acceptors (Lipinski definition) is 11. The number of aromatic hydroxyl groups is 1. The number of esters is 1. The molecule has 7 rings (SSSR count). The molecule has 5 aromatic rings. The minimum Gasteiger partial charge on any atom is -0.508 e. The van der Waals surface area contributed by atoms with Gasteiger partial charge in [0, 0.05) is 11.3 Å². The summed E-state index contributed by atoms with van der Waals surface area (Å²) in [6, 6.07) is 22.0. The van der Waals surface area contributed by atoms with Crippen molar-refractivity contribution in [1.82, 2.24) is 4.98 Å². The largest absolute Gasteiger partial charge is 0.508 e. The van der Waals surface area contributed by atoms with Gasteiger partial charge >= 0.3 is 5.97 Å². The van der Waals surface area contributed by atoms with Crippen molar-refractivity contribution in [3.63, 3.8) is 0 Å². The van der Waals surface area contributed by atoms with Crippen molar-refractivity contribution in [3.8, 4) is 11.5 Å². The van der Waals surface area contributed by atoms with Crippen molar-refractivity contribution in [2.24, 2.45) is 5.92 Å². The average Bonchev–Trinajstić information content (AvgIpc) is 3.61. The summed E-state index contributed by atoms with van der Waals surface area (Å²) < 4.78 is 17.6. The molecule has 264 valence electrons. The Morgan fingerprint density at radius 1 is 0.940 bits per heavy atom. The first-order valence-corrected chi connectivity index (χ1v) is 16.8. The summed E-state index contributed by atoms with van der Waals surface area (Å²) in [7, 11) is 0. The Labute approximate surface area is 287 Å². The number of aromatic amines is 1. The number of phenolic OH excluding ortho intramolecular Hbond substituents is 1. The molecule has 1 aliphatic heterocycles. The Morgan fingerprint density at radius 3 is 2.30 bits per heavy atom. The monoisotopic (exact) mass is 687 g/mol. The predicted octanol–water partition coefficient (Wildman–Crippen LogP) is 3.23. The topological polar surface area (TPSA) is 202 Å². The van der Waals surface area contributed by atoms with Gasteiger partial charge in [0.15, 0.2) is 18.1 Å². The molecule has 0 radical (unpaired) electrons. The first-order valence-electron chi connectivity index (χ1n) is 16.8. The smallest absolute Gasteiger partial charge is 0.343 e. The molecule has 2 aliphatic rings. The van der Waals surface area contributed by atoms with Crippen molar-refractivity contribution in [2.75, 3.05) is 13.2 Å². The van der Waals surface area contributed by atoms with Gasteiger partial charge in [-0.2, -0.15) is 0 Å². The highest BCUT2D eigenvalue weighted by atomic mass is 16.7. The normalized spacial score (nSPS) is 24.3. The molecule has 50 heavy (non-hydrogen) atoms. The number of benzene rings is 4. The predicted molar refractivity (Wildman–Crippen MR) is 182 cm³/mol. The van der Waals surface area contributed by atoms with Gasteiger partial charge in [-0.25, -0.2) is 4.79 Å². The fraction of sp³-hybridized carbons (Fsp3) is 0.395. The fourth-order valence-corrected chi connectivity index (χ4v) is 7.98. The molecule has 2 heterocycles. The molecule has 0 spiro atoms. The Hall–Kier alpha value is -4.11. The van der Waals surface area contributed by atoms with Crippen molar-refractivity contribution in [1.29, 1.82) is 0 Å². The molecular formula is C38H41NO11. The maximum atomic E-state index is 14.0. The van der Waals surface area contributed by atoms with E-state index < -0.39 is 60.9 Å². The maximum Gasteiger partial charge on any atom is 0.343 e. The molecule has 8 N–H and O–H groups in total. The third-order valence-corrected chi connectivity index (χ3v) is 10.6. The lowest BCUT2D eigenvalue weighted by atomic mass is 9.62. The summed E-state index contributed by atoms with van der Waals surface area (Å²) in [5.74, 6) is -4.52. The van der Waals surface area contributed by atoms with Crippen molar-refractivity contribution < 1.29 is 54.8 Å². The van der Waals surface area contributed by atoms with Gasteiger partial charge in [0.05, 0.1) is 36.4 Å². The van der Waals surface area contributed by atoms with Crippen LogP contribution in [0.4, 0.5) is 0 Å². The lowest BCUT2D eigenvalue weighted by Crippen LogP contribution is -2.50. The van der Waals surface area contributed by atoms with Gasteiger partial charge in [-0.05, 0) is 70.3 Å². The van der Waals surface area contributed by atoms with Crippen LogP contribution in [0, 0.1) is 5.92 Å².